The number of aromatic amines is 1. The molecule has 3 N–H and O–H groups in total. The summed E-state index contributed by atoms with van der Waals surface area (Å²) in [6.07, 6.45) is 3.71. The van der Waals surface area contributed by atoms with Gasteiger partial charge in [-0.2, -0.15) is 0 Å². The zero-order chi connectivity index (χ0) is 27.2. The van der Waals surface area contributed by atoms with Crippen LogP contribution in [0.1, 0.15) is 30.9 Å². The number of nitrogens with zero attached hydrogens (tertiary/aromatic N) is 1. The van der Waals surface area contributed by atoms with Crippen LogP contribution in [0, 0.1) is 17.6 Å². The standard InChI is InChI=1S/C28H32F2N4O4/c1-17(26(35)32-14-18-10-20(29)13-21(30)11-18)27(36)33-25(28(37)34-9-5-6-22(34)16-38-2)12-19-15-31-24-8-4-3-7-23(19)24/h3-4,7-8,10-11,13,15,17,22,25,31H,5-6,9,12,14,16H2,1-2H3,(H,32,35)(H,33,36). The molecule has 0 radical (unpaired) electrons. The normalized spacial score (nSPS) is 16.8. The highest BCUT2D eigenvalue weighted by Gasteiger charge is 2.35. The molecule has 202 valence electrons. The van der Waals surface area contributed by atoms with Crippen LogP contribution in [0.2, 0.25) is 0 Å². The van der Waals surface area contributed by atoms with Crippen LogP contribution in [0.25, 0.3) is 10.9 Å². The van der Waals surface area contributed by atoms with E-state index in [2.05, 4.69) is 15.6 Å². The highest BCUT2D eigenvalue weighted by molar-refractivity contribution is 6.01. The lowest BCUT2D eigenvalue weighted by molar-refractivity contribution is -0.141. The van der Waals surface area contributed by atoms with Gasteiger partial charge in [-0.05, 0) is 49.1 Å². The summed E-state index contributed by atoms with van der Waals surface area (Å²) in [7, 11) is 1.59. The van der Waals surface area contributed by atoms with E-state index in [1.54, 1.807) is 12.0 Å². The summed E-state index contributed by atoms with van der Waals surface area (Å²) in [6.45, 7) is 2.25. The summed E-state index contributed by atoms with van der Waals surface area (Å²) in [5.41, 5.74) is 2.01. The highest BCUT2D eigenvalue weighted by atomic mass is 19.1. The number of ether oxygens (including phenoxy) is 1. The number of para-hydroxylation sites is 1. The van der Waals surface area contributed by atoms with Crippen molar-refractivity contribution < 1.29 is 27.9 Å². The Labute approximate surface area is 219 Å². The van der Waals surface area contributed by atoms with Crippen LogP contribution in [0.5, 0.6) is 0 Å². The number of carbonyl (C=O) groups is 3. The number of methoxy groups -OCH3 is 1. The second kappa shape index (κ2) is 12.2. The second-order valence-corrected chi connectivity index (χ2v) is 9.63. The Kier molecular flexibility index (Phi) is 8.73. The van der Waals surface area contributed by atoms with Gasteiger partial charge < -0.3 is 25.3 Å². The van der Waals surface area contributed by atoms with Gasteiger partial charge in [-0.3, -0.25) is 14.4 Å². The van der Waals surface area contributed by atoms with Gasteiger partial charge in [0.2, 0.25) is 17.7 Å². The van der Waals surface area contributed by atoms with Crippen molar-refractivity contribution in [2.45, 2.75) is 44.8 Å². The Morgan fingerprint density at radius 3 is 2.61 bits per heavy atom. The molecule has 3 atom stereocenters. The van der Waals surface area contributed by atoms with Crippen molar-refractivity contribution >= 4 is 28.6 Å². The highest BCUT2D eigenvalue weighted by Crippen LogP contribution is 2.23. The van der Waals surface area contributed by atoms with E-state index in [1.807, 2.05) is 30.5 Å². The number of amides is 3. The number of carbonyl (C=O) groups excluding carboxylic acids is 3. The fraction of sp³-hybridized carbons (Fsp3) is 0.393. The van der Waals surface area contributed by atoms with Gasteiger partial charge in [0.15, 0.2) is 0 Å². The van der Waals surface area contributed by atoms with Crippen molar-refractivity contribution in [3.63, 3.8) is 0 Å². The molecule has 0 spiro atoms. The van der Waals surface area contributed by atoms with Crippen molar-refractivity contribution in [2.24, 2.45) is 5.92 Å². The van der Waals surface area contributed by atoms with Gasteiger partial charge in [0.05, 0.1) is 12.6 Å². The van der Waals surface area contributed by atoms with Crippen molar-refractivity contribution in [2.75, 3.05) is 20.3 Å². The monoisotopic (exact) mass is 526 g/mol. The van der Waals surface area contributed by atoms with E-state index >= 15 is 0 Å². The van der Waals surface area contributed by atoms with Crippen LogP contribution >= 0.6 is 0 Å². The summed E-state index contributed by atoms with van der Waals surface area (Å²) in [5, 5.41) is 6.27. The molecule has 3 unspecified atom stereocenters. The molecular weight excluding hydrogens is 494 g/mol. The van der Waals surface area contributed by atoms with Gasteiger partial charge in [-0.25, -0.2) is 8.78 Å². The fourth-order valence-corrected chi connectivity index (χ4v) is 4.88. The van der Waals surface area contributed by atoms with Crippen molar-refractivity contribution in [1.29, 1.82) is 0 Å². The molecule has 2 heterocycles. The Morgan fingerprint density at radius 2 is 1.87 bits per heavy atom. The van der Waals surface area contributed by atoms with Crippen LogP contribution in [-0.4, -0.2) is 60.0 Å². The average molecular weight is 527 g/mol. The van der Waals surface area contributed by atoms with Gasteiger partial charge in [0.1, 0.15) is 23.6 Å². The lowest BCUT2D eigenvalue weighted by Crippen LogP contribution is -2.53. The summed E-state index contributed by atoms with van der Waals surface area (Å²) in [5.74, 6) is -4.12. The molecule has 0 saturated carbocycles. The molecule has 0 bridgehead atoms. The molecule has 1 saturated heterocycles. The SMILES string of the molecule is COCC1CCCN1C(=O)C(Cc1c[nH]c2ccccc12)NC(=O)C(C)C(=O)NCc1cc(F)cc(F)c1. The molecule has 8 nitrogen and oxygen atoms in total. The maximum Gasteiger partial charge on any atom is 0.245 e. The third kappa shape index (κ3) is 6.36. The lowest BCUT2D eigenvalue weighted by atomic mass is 10.0. The number of H-pyrrole nitrogens is 1. The molecule has 0 aliphatic carbocycles. The van der Waals surface area contributed by atoms with E-state index in [9.17, 15) is 23.2 Å². The maximum absolute atomic E-state index is 13.7. The Balaban J connectivity index is 1.48. The molecule has 3 aromatic rings. The van der Waals surface area contributed by atoms with Crippen LogP contribution in [0.4, 0.5) is 8.78 Å². The van der Waals surface area contributed by atoms with E-state index in [-0.39, 0.29) is 30.5 Å². The van der Waals surface area contributed by atoms with Gasteiger partial charge in [-0.15, -0.1) is 0 Å². The number of aromatic nitrogens is 1. The first kappa shape index (κ1) is 27.3. The molecule has 1 fully saturated rings. The number of nitrogens with one attached hydrogen (secondary N) is 3. The quantitative estimate of drug-likeness (QED) is 0.353. The molecule has 1 aliphatic rings. The largest absolute Gasteiger partial charge is 0.383 e. The van der Waals surface area contributed by atoms with Crippen LogP contribution in [-0.2, 0) is 32.1 Å². The maximum atomic E-state index is 13.7. The molecule has 38 heavy (non-hydrogen) atoms. The van der Waals surface area contributed by atoms with E-state index in [0.29, 0.717) is 13.2 Å². The molecular formula is C28H32F2N4O4. The number of benzene rings is 2. The minimum atomic E-state index is -1.14. The molecule has 4 rings (SSSR count). The second-order valence-electron chi connectivity index (χ2n) is 9.63. The zero-order valence-electron chi connectivity index (χ0n) is 21.4. The number of halogens is 2. The minimum absolute atomic E-state index is 0.0812. The predicted molar refractivity (Wildman–Crippen MR) is 138 cm³/mol. The molecule has 1 aliphatic heterocycles. The van der Waals surface area contributed by atoms with E-state index in [4.69, 9.17) is 4.74 Å². The summed E-state index contributed by atoms with van der Waals surface area (Å²) in [6, 6.07) is 9.66. The molecule has 10 heteroatoms. The van der Waals surface area contributed by atoms with Crippen LogP contribution in [0.3, 0.4) is 0 Å². The first-order chi connectivity index (χ1) is 18.3. The van der Waals surface area contributed by atoms with E-state index < -0.39 is 35.4 Å². The van der Waals surface area contributed by atoms with E-state index in [0.717, 1.165) is 47.5 Å². The topological polar surface area (TPSA) is 104 Å². The Hall–Kier alpha value is -3.79. The molecule has 2 aromatic carbocycles. The smallest absolute Gasteiger partial charge is 0.245 e. The third-order valence-electron chi connectivity index (χ3n) is 6.91. The number of hydrogen-bond acceptors (Lipinski definition) is 4. The predicted octanol–water partition coefficient (Wildman–Crippen LogP) is 3.06. The van der Waals surface area contributed by atoms with Crippen molar-refractivity contribution in [3.05, 3.63) is 71.4 Å². The first-order valence-electron chi connectivity index (χ1n) is 12.6. The van der Waals surface area contributed by atoms with Gasteiger partial charge in [-0.1, -0.05) is 18.2 Å². The first-order valence-corrected chi connectivity index (χ1v) is 12.6. The average Bonchev–Trinajstić information content (AvgIpc) is 3.53. The third-order valence-corrected chi connectivity index (χ3v) is 6.91. The lowest BCUT2D eigenvalue weighted by Gasteiger charge is -2.29. The van der Waals surface area contributed by atoms with Crippen molar-refractivity contribution in [1.82, 2.24) is 20.5 Å². The van der Waals surface area contributed by atoms with Gasteiger partial charge in [0, 0.05) is 49.8 Å². The summed E-state index contributed by atoms with van der Waals surface area (Å²) >= 11 is 0. The van der Waals surface area contributed by atoms with Crippen LogP contribution < -0.4 is 10.6 Å². The Morgan fingerprint density at radius 1 is 1.13 bits per heavy atom. The zero-order valence-corrected chi connectivity index (χ0v) is 21.4. The Bertz CT molecular complexity index is 1290. The number of hydrogen-bond donors (Lipinski definition) is 3. The molecule has 3 amide bonds. The summed E-state index contributed by atoms with van der Waals surface area (Å²) < 4.78 is 32.2. The number of fused-ring (bicyclic) bond motifs is 1. The number of likely N-dealkylation sites (tertiary alicyclic amines) is 1. The van der Waals surface area contributed by atoms with Gasteiger partial charge >= 0.3 is 0 Å². The minimum Gasteiger partial charge on any atom is -0.383 e. The van der Waals surface area contributed by atoms with Crippen LogP contribution in [0.15, 0.2) is 48.7 Å². The molecule has 1 aromatic heterocycles. The van der Waals surface area contributed by atoms with E-state index in [1.165, 1.54) is 6.92 Å². The number of rotatable bonds is 10. The van der Waals surface area contributed by atoms with Gasteiger partial charge in [0.25, 0.3) is 0 Å². The fourth-order valence-electron chi connectivity index (χ4n) is 4.88. The summed E-state index contributed by atoms with van der Waals surface area (Å²) in [4.78, 5) is 44.4. The van der Waals surface area contributed by atoms with Crippen molar-refractivity contribution in [3.8, 4) is 0 Å².